The molecule has 0 amide bonds. The van der Waals surface area contributed by atoms with Gasteiger partial charge in [-0.1, -0.05) is 11.6 Å². The molecule has 0 radical (unpaired) electrons. The van der Waals surface area contributed by atoms with Crippen molar-refractivity contribution in [3.63, 3.8) is 0 Å². The van der Waals surface area contributed by atoms with E-state index in [9.17, 15) is 4.79 Å². The maximum absolute atomic E-state index is 10.3. The minimum atomic E-state index is -0.847. The summed E-state index contributed by atoms with van der Waals surface area (Å²) in [6, 6.07) is 3.08. The lowest BCUT2D eigenvalue weighted by molar-refractivity contribution is -0.137. The molecule has 0 saturated carbocycles. The lowest BCUT2D eigenvalue weighted by atomic mass is 10.0. The number of aromatic nitrogens is 1. The Kier molecular flexibility index (Phi) is 3.85. The van der Waals surface area contributed by atoms with Crippen LogP contribution in [0.15, 0.2) is 18.3 Å². The first kappa shape index (κ1) is 10.9. The standard InChI is InChI=1S/C9H11ClN2O2/c10-8-5-6(3-4-12-8)7(11)1-2-9(13)14/h3-5,7H,1-2,11H2,(H,13,14). The Morgan fingerprint density at radius 1 is 1.71 bits per heavy atom. The molecule has 14 heavy (non-hydrogen) atoms. The van der Waals surface area contributed by atoms with E-state index < -0.39 is 5.97 Å². The Hall–Kier alpha value is -1.13. The van der Waals surface area contributed by atoms with Crippen molar-refractivity contribution in [2.75, 3.05) is 0 Å². The number of carboxylic acids is 1. The molecule has 0 spiro atoms. The van der Waals surface area contributed by atoms with E-state index in [1.807, 2.05) is 0 Å². The summed E-state index contributed by atoms with van der Waals surface area (Å²) in [6.07, 6.45) is 2.01. The highest BCUT2D eigenvalue weighted by Gasteiger charge is 2.08. The summed E-state index contributed by atoms with van der Waals surface area (Å²) < 4.78 is 0. The lowest BCUT2D eigenvalue weighted by Gasteiger charge is -2.09. The minimum Gasteiger partial charge on any atom is -0.481 e. The van der Waals surface area contributed by atoms with Crippen LogP contribution in [0, 0.1) is 0 Å². The Bertz CT molecular complexity index is 330. The van der Waals surface area contributed by atoms with Crippen molar-refractivity contribution >= 4 is 17.6 Å². The number of carbonyl (C=O) groups is 1. The maximum Gasteiger partial charge on any atom is 0.303 e. The van der Waals surface area contributed by atoms with Gasteiger partial charge in [-0.3, -0.25) is 4.79 Å². The Balaban J connectivity index is 2.60. The van der Waals surface area contributed by atoms with Crippen LogP contribution >= 0.6 is 11.6 Å². The van der Waals surface area contributed by atoms with E-state index in [4.69, 9.17) is 22.4 Å². The molecule has 76 valence electrons. The molecule has 0 aliphatic heterocycles. The molecule has 1 aromatic rings. The quantitative estimate of drug-likeness (QED) is 0.747. The van der Waals surface area contributed by atoms with Gasteiger partial charge in [0.25, 0.3) is 0 Å². The molecule has 1 atom stereocenters. The zero-order chi connectivity index (χ0) is 10.6. The second-order valence-corrected chi connectivity index (χ2v) is 3.34. The number of nitrogens with zero attached hydrogens (tertiary/aromatic N) is 1. The van der Waals surface area contributed by atoms with Crippen LogP contribution in [0.2, 0.25) is 5.15 Å². The van der Waals surface area contributed by atoms with Crippen LogP contribution in [0.3, 0.4) is 0 Å². The van der Waals surface area contributed by atoms with Gasteiger partial charge in [-0.15, -0.1) is 0 Å². The summed E-state index contributed by atoms with van der Waals surface area (Å²) in [5.74, 6) is -0.847. The predicted octanol–water partition coefficient (Wildman–Crippen LogP) is 1.60. The van der Waals surface area contributed by atoms with Gasteiger partial charge in [0.1, 0.15) is 5.15 Å². The van der Waals surface area contributed by atoms with Crippen LogP contribution in [0.1, 0.15) is 24.4 Å². The highest BCUT2D eigenvalue weighted by Crippen LogP contribution is 2.17. The van der Waals surface area contributed by atoms with E-state index >= 15 is 0 Å². The first-order chi connectivity index (χ1) is 6.59. The number of rotatable bonds is 4. The van der Waals surface area contributed by atoms with E-state index in [1.54, 1.807) is 18.3 Å². The third kappa shape index (κ3) is 3.32. The predicted molar refractivity (Wildman–Crippen MR) is 53.0 cm³/mol. The molecule has 5 heteroatoms. The topological polar surface area (TPSA) is 76.2 Å². The van der Waals surface area contributed by atoms with Crippen molar-refractivity contribution in [3.05, 3.63) is 29.0 Å². The Morgan fingerprint density at radius 2 is 2.43 bits per heavy atom. The van der Waals surface area contributed by atoms with Crippen LogP contribution in [-0.2, 0) is 4.79 Å². The number of hydrogen-bond donors (Lipinski definition) is 2. The average Bonchev–Trinajstić information content (AvgIpc) is 2.14. The van der Waals surface area contributed by atoms with E-state index in [2.05, 4.69) is 4.98 Å². The molecule has 0 saturated heterocycles. The van der Waals surface area contributed by atoms with Gasteiger partial charge < -0.3 is 10.8 Å². The first-order valence-electron chi connectivity index (χ1n) is 4.18. The molecule has 1 aromatic heterocycles. The SMILES string of the molecule is NC(CCC(=O)O)c1ccnc(Cl)c1. The van der Waals surface area contributed by atoms with E-state index in [0.29, 0.717) is 11.6 Å². The van der Waals surface area contributed by atoms with Crippen LogP contribution in [0.25, 0.3) is 0 Å². The summed E-state index contributed by atoms with van der Waals surface area (Å²) >= 11 is 5.67. The molecule has 1 rings (SSSR count). The number of hydrogen-bond acceptors (Lipinski definition) is 3. The average molecular weight is 215 g/mol. The van der Waals surface area contributed by atoms with Crippen molar-refractivity contribution in [1.29, 1.82) is 0 Å². The van der Waals surface area contributed by atoms with Crippen LogP contribution in [0.5, 0.6) is 0 Å². The largest absolute Gasteiger partial charge is 0.481 e. The van der Waals surface area contributed by atoms with Crippen molar-refractivity contribution in [2.24, 2.45) is 5.73 Å². The fraction of sp³-hybridized carbons (Fsp3) is 0.333. The van der Waals surface area contributed by atoms with Gasteiger partial charge in [-0.2, -0.15) is 0 Å². The van der Waals surface area contributed by atoms with Crippen LogP contribution in [0.4, 0.5) is 0 Å². The highest BCUT2D eigenvalue weighted by molar-refractivity contribution is 6.29. The molecule has 0 aromatic carbocycles. The van der Waals surface area contributed by atoms with E-state index in [0.717, 1.165) is 5.56 Å². The fourth-order valence-corrected chi connectivity index (χ4v) is 1.28. The van der Waals surface area contributed by atoms with Gasteiger partial charge >= 0.3 is 5.97 Å². The minimum absolute atomic E-state index is 0.0567. The summed E-state index contributed by atoms with van der Waals surface area (Å²) in [7, 11) is 0. The molecular formula is C9H11ClN2O2. The van der Waals surface area contributed by atoms with Crippen molar-refractivity contribution in [1.82, 2.24) is 4.98 Å². The normalized spacial score (nSPS) is 12.4. The Labute approximate surface area is 86.7 Å². The van der Waals surface area contributed by atoms with E-state index in [-0.39, 0.29) is 12.5 Å². The molecule has 0 aliphatic carbocycles. The van der Waals surface area contributed by atoms with Gasteiger partial charge in [-0.05, 0) is 24.1 Å². The summed E-state index contributed by atoms with van der Waals surface area (Å²) in [6.45, 7) is 0. The summed E-state index contributed by atoms with van der Waals surface area (Å²) in [5, 5.41) is 8.84. The summed E-state index contributed by atoms with van der Waals surface area (Å²) in [4.78, 5) is 14.1. The van der Waals surface area contributed by atoms with Gasteiger partial charge in [-0.25, -0.2) is 4.98 Å². The second kappa shape index (κ2) is 4.93. The lowest BCUT2D eigenvalue weighted by Crippen LogP contribution is -2.12. The van der Waals surface area contributed by atoms with Gasteiger partial charge in [0.15, 0.2) is 0 Å². The first-order valence-corrected chi connectivity index (χ1v) is 4.56. The molecule has 3 N–H and O–H groups in total. The number of pyridine rings is 1. The van der Waals surface area contributed by atoms with Crippen molar-refractivity contribution < 1.29 is 9.90 Å². The third-order valence-corrected chi connectivity index (χ3v) is 2.05. The van der Waals surface area contributed by atoms with Gasteiger partial charge in [0, 0.05) is 18.7 Å². The number of halogens is 1. The molecule has 1 heterocycles. The zero-order valence-electron chi connectivity index (χ0n) is 7.48. The highest BCUT2D eigenvalue weighted by atomic mass is 35.5. The molecule has 0 aliphatic rings. The molecule has 4 nitrogen and oxygen atoms in total. The third-order valence-electron chi connectivity index (χ3n) is 1.85. The van der Waals surface area contributed by atoms with Crippen molar-refractivity contribution in [3.8, 4) is 0 Å². The van der Waals surface area contributed by atoms with Crippen molar-refractivity contribution in [2.45, 2.75) is 18.9 Å². The van der Waals surface area contributed by atoms with Gasteiger partial charge in [0.05, 0.1) is 0 Å². The monoisotopic (exact) mass is 214 g/mol. The maximum atomic E-state index is 10.3. The van der Waals surface area contributed by atoms with Gasteiger partial charge in [0.2, 0.25) is 0 Å². The van der Waals surface area contributed by atoms with Crippen LogP contribution < -0.4 is 5.73 Å². The molecule has 1 unspecified atom stereocenters. The number of carboxylic acid groups (broad SMARTS) is 1. The zero-order valence-corrected chi connectivity index (χ0v) is 8.24. The van der Waals surface area contributed by atoms with E-state index in [1.165, 1.54) is 0 Å². The molecule has 0 fully saturated rings. The number of nitrogens with two attached hydrogens (primary N) is 1. The molecular weight excluding hydrogens is 204 g/mol. The second-order valence-electron chi connectivity index (χ2n) is 2.95. The smallest absolute Gasteiger partial charge is 0.303 e. The van der Waals surface area contributed by atoms with Crippen LogP contribution in [-0.4, -0.2) is 16.1 Å². The summed E-state index contributed by atoms with van der Waals surface area (Å²) in [5.41, 5.74) is 6.57. The molecule has 0 bridgehead atoms. The fourth-order valence-electron chi connectivity index (χ4n) is 1.09. The Morgan fingerprint density at radius 3 is 3.00 bits per heavy atom. The number of aliphatic carboxylic acids is 1.